The zero-order chi connectivity index (χ0) is 11.4. The molecule has 88 valence electrons. The van der Waals surface area contributed by atoms with Crippen molar-refractivity contribution in [3.8, 4) is 0 Å². The summed E-state index contributed by atoms with van der Waals surface area (Å²) in [6.07, 6.45) is 7.34. The van der Waals surface area contributed by atoms with E-state index in [0.29, 0.717) is 11.9 Å². The van der Waals surface area contributed by atoms with Gasteiger partial charge in [-0.3, -0.25) is 0 Å². The van der Waals surface area contributed by atoms with Crippen LogP contribution in [0.4, 0.5) is 10.2 Å². The molecule has 0 radical (unpaired) electrons. The van der Waals surface area contributed by atoms with E-state index in [-0.39, 0.29) is 0 Å². The molecule has 1 saturated carbocycles. The number of nitrogens with one attached hydrogen (secondary N) is 1. The standard InChI is InChI=1S/C12H18FN3/c1-9-3-2-4-10(6-5-9)16-12-7-11(13)14-8-15-12/h7-10H,2-6H2,1H3,(H,14,15,16). The first-order chi connectivity index (χ1) is 7.74. The van der Waals surface area contributed by atoms with Crippen molar-refractivity contribution in [1.29, 1.82) is 0 Å². The highest BCUT2D eigenvalue weighted by Crippen LogP contribution is 2.24. The summed E-state index contributed by atoms with van der Waals surface area (Å²) in [6, 6.07) is 1.79. The Bertz CT molecular complexity index is 343. The number of halogens is 1. The normalized spacial score (nSPS) is 26.1. The largest absolute Gasteiger partial charge is 0.367 e. The first-order valence-electron chi connectivity index (χ1n) is 5.98. The summed E-state index contributed by atoms with van der Waals surface area (Å²) >= 11 is 0. The average Bonchev–Trinajstić information content (AvgIpc) is 2.44. The van der Waals surface area contributed by atoms with E-state index in [2.05, 4.69) is 22.2 Å². The van der Waals surface area contributed by atoms with Gasteiger partial charge in [0.15, 0.2) is 0 Å². The Morgan fingerprint density at radius 1 is 1.25 bits per heavy atom. The molecule has 2 rings (SSSR count). The van der Waals surface area contributed by atoms with Crippen LogP contribution < -0.4 is 5.32 Å². The summed E-state index contributed by atoms with van der Waals surface area (Å²) in [4.78, 5) is 7.47. The lowest BCUT2D eigenvalue weighted by atomic mass is 10.0. The molecule has 2 unspecified atom stereocenters. The van der Waals surface area contributed by atoms with Crippen LogP contribution in [0.2, 0.25) is 0 Å². The van der Waals surface area contributed by atoms with Crippen LogP contribution in [0.15, 0.2) is 12.4 Å². The highest BCUT2D eigenvalue weighted by atomic mass is 19.1. The molecule has 0 spiro atoms. The zero-order valence-corrected chi connectivity index (χ0v) is 9.62. The van der Waals surface area contributed by atoms with E-state index in [1.54, 1.807) is 0 Å². The van der Waals surface area contributed by atoms with Crippen molar-refractivity contribution in [3.05, 3.63) is 18.3 Å². The second-order valence-corrected chi connectivity index (χ2v) is 4.68. The minimum Gasteiger partial charge on any atom is -0.367 e. The number of anilines is 1. The third-order valence-corrected chi connectivity index (χ3v) is 3.24. The van der Waals surface area contributed by atoms with Crippen molar-refractivity contribution in [2.24, 2.45) is 5.92 Å². The maximum absolute atomic E-state index is 12.9. The molecule has 1 fully saturated rings. The van der Waals surface area contributed by atoms with Crippen molar-refractivity contribution in [2.75, 3.05) is 5.32 Å². The van der Waals surface area contributed by atoms with Gasteiger partial charge in [0.2, 0.25) is 5.95 Å². The molecule has 0 saturated heterocycles. The van der Waals surface area contributed by atoms with E-state index < -0.39 is 5.95 Å². The molecule has 0 aromatic carbocycles. The maximum atomic E-state index is 12.9. The molecule has 1 aromatic heterocycles. The Kier molecular flexibility index (Phi) is 3.70. The topological polar surface area (TPSA) is 37.8 Å². The second-order valence-electron chi connectivity index (χ2n) is 4.68. The van der Waals surface area contributed by atoms with Gasteiger partial charge in [-0.15, -0.1) is 0 Å². The Morgan fingerprint density at radius 3 is 2.94 bits per heavy atom. The summed E-state index contributed by atoms with van der Waals surface area (Å²) in [7, 11) is 0. The number of rotatable bonds is 2. The highest BCUT2D eigenvalue weighted by Gasteiger charge is 2.16. The zero-order valence-electron chi connectivity index (χ0n) is 9.62. The van der Waals surface area contributed by atoms with Gasteiger partial charge in [-0.05, 0) is 25.2 Å². The molecule has 16 heavy (non-hydrogen) atoms. The molecule has 1 aliphatic rings. The van der Waals surface area contributed by atoms with Crippen LogP contribution in [0, 0.1) is 11.9 Å². The van der Waals surface area contributed by atoms with Crippen molar-refractivity contribution in [1.82, 2.24) is 9.97 Å². The summed E-state index contributed by atoms with van der Waals surface area (Å²) < 4.78 is 12.9. The molecule has 1 aromatic rings. The number of hydrogen-bond acceptors (Lipinski definition) is 3. The molecule has 3 nitrogen and oxygen atoms in total. The summed E-state index contributed by atoms with van der Waals surface area (Å²) in [5.41, 5.74) is 0. The predicted octanol–water partition coefficient (Wildman–Crippen LogP) is 3.00. The fourth-order valence-corrected chi connectivity index (χ4v) is 2.25. The van der Waals surface area contributed by atoms with E-state index in [1.807, 2.05) is 0 Å². The molecular formula is C12H18FN3. The lowest BCUT2D eigenvalue weighted by molar-refractivity contribution is 0.501. The highest BCUT2D eigenvalue weighted by molar-refractivity contribution is 5.33. The van der Waals surface area contributed by atoms with Gasteiger partial charge in [0, 0.05) is 12.1 Å². The van der Waals surface area contributed by atoms with E-state index in [9.17, 15) is 4.39 Å². The van der Waals surface area contributed by atoms with Crippen LogP contribution in [0.3, 0.4) is 0 Å². The Hall–Kier alpha value is -1.19. The molecule has 2 atom stereocenters. The molecule has 0 bridgehead atoms. The maximum Gasteiger partial charge on any atom is 0.217 e. The quantitative estimate of drug-likeness (QED) is 0.618. The Morgan fingerprint density at radius 2 is 2.12 bits per heavy atom. The average molecular weight is 223 g/mol. The van der Waals surface area contributed by atoms with Crippen LogP contribution in [0.25, 0.3) is 0 Å². The van der Waals surface area contributed by atoms with Gasteiger partial charge in [0.25, 0.3) is 0 Å². The second kappa shape index (κ2) is 5.23. The van der Waals surface area contributed by atoms with Crippen molar-refractivity contribution >= 4 is 5.82 Å². The van der Waals surface area contributed by atoms with Gasteiger partial charge in [-0.1, -0.05) is 19.8 Å². The molecule has 4 heteroatoms. The van der Waals surface area contributed by atoms with Crippen LogP contribution in [0.5, 0.6) is 0 Å². The van der Waals surface area contributed by atoms with E-state index in [1.165, 1.54) is 31.7 Å². The summed E-state index contributed by atoms with van der Waals surface area (Å²) in [5, 5.41) is 3.29. The third-order valence-electron chi connectivity index (χ3n) is 3.24. The molecule has 1 N–H and O–H groups in total. The van der Waals surface area contributed by atoms with Gasteiger partial charge in [-0.25, -0.2) is 9.97 Å². The number of nitrogens with zero attached hydrogens (tertiary/aromatic N) is 2. The van der Waals surface area contributed by atoms with E-state index >= 15 is 0 Å². The Labute approximate surface area is 95.5 Å². The minimum absolute atomic E-state index is 0.430. The predicted molar refractivity (Wildman–Crippen MR) is 61.6 cm³/mol. The third kappa shape index (κ3) is 3.15. The lowest BCUT2D eigenvalue weighted by Crippen LogP contribution is -2.19. The molecular weight excluding hydrogens is 205 g/mol. The van der Waals surface area contributed by atoms with Crippen LogP contribution >= 0.6 is 0 Å². The van der Waals surface area contributed by atoms with E-state index in [4.69, 9.17) is 0 Å². The van der Waals surface area contributed by atoms with Crippen molar-refractivity contribution in [3.63, 3.8) is 0 Å². The summed E-state index contributed by atoms with van der Waals surface area (Å²) in [6.45, 7) is 2.30. The lowest BCUT2D eigenvalue weighted by Gasteiger charge is -2.16. The monoisotopic (exact) mass is 223 g/mol. The van der Waals surface area contributed by atoms with Gasteiger partial charge >= 0.3 is 0 Å². The van der Waals surface area contributed by atoms with Crippen molar-refractivity contribution in [2.45, 2.75) is 45.1 Å². The fourth-order valence-electron chi connectivity index (χ4n) is 2.25. The van der Waals surface area contributed by atoms with Crippen LogP contribution in [0.1, 0.15) is 39.0 Å². The summed E-state index contributed by atoms with van der Waals surface area (Å²) in [5.74, 6) is 0.945. The van der Waals surface area contributed by atoms with Gasteiger partial charge in [0.05, 0.1) is 0 Å². The first kappa shape index (κ1) is 11.3. The van der Waals surface area contributed by atoms with Crippen LogP contribution in [-0.4, -0.2) is 16.0 Å². The SMILES string of the molecule is CC1CCCC(Nc2cc(F)ncn2)CC1. The van der Waals surface area contributed by atoms with E-state index in [0.717, 1.165) is 18.8 Å². The van der Waals surface area contributed by atoms with Gasteiger partial charge < -0.3 is 5.32 Å². The van der Waals surface area contributed by atoms with Crippen molar-refractivity contribution < 1.29 is 4.39 Å². The molecule has 0 aliphatic heterocycles. The first-order valence-corrected chi connectivity index (χ1v) is 5.98. The minimum atomic E-state index is -0.473. The molecule has 1 aliphatic carbocycles. The molecule has 0 amide bonds. The Balaban J connectivity index is 1.93. The number of aromatic nitrogens is 2. The van der Waals surface area contributed by atoms with Gasteiger partial charge in [-0.2, -0.15) is 4.39 Å². The fraction of sp³-hybridized carbons (Fsp3) is 0.667. The smallest absolute Gasteiger partial charge is 0.217 e. The molecule has 1 heterocycles. The van der Waals surface area contributed by atoms with Gasteiger partial charge in [0.1, 0.15) is 12.1 Å². The van der Waals surface area contributed by atoms with Crippen LogP contribution in [-0.2, 0) is 0 Å². The number of hydrogen-bond donors (Lipinski definition) is 1.